The molecule has 0 aromatic heterocycles. The Morgan fingerprint density at radius 1 is 1.29 bits per heavy atom. The van der Waals surface area contributed by atoms with Crippen molar-refractivity contribution < 1.29 is 4.74 Å². The lowest BCUT2D eigenvalue weighted by Crippen LogP contribution is -2.36. The van der Waals surface area contributed by atoms with Crippen molar-refractivity contribution in [1.29, 1.82) is 0 Å². The summed E-state index contributed by atoms with van der Waals surface area (Å²) < 4.78 is 5.18. The van der Waals surface area contributed by atoms with Gasteiger partial charge in [0.15, 0.2) is 0 Å². The summed E-state index contributed by atoms with van der Waals surface area (Å²) in [5.41, 5.74) is 7.51. The third-order valence-electron chi connectivity index (χ3n) is 4.25. The molecule has 2 saturated heterocycles. The summed E-state index contributed by atoms with van der Waals surface area (Å²) in [6.07, 6.45) is 3.79. The van der Waals surface area contributed by atoms with Crippen LogP contribution in [-0.2, 0) is 6.54 Å². The van der Waals surface area contributed by atoms with Gasteiger partial charge in [-0.1, -0.05) is 12.1 Å². The number of hydrogen-bond acceptors (Lipinski definition) is 3. The first-order valence-corrected chi connectivity index (χ1v) is 6.42. The molecule has 3 rings (SSSR count). The average Bonchev–Trinajstić information content (AvgIpc) is 2.86. The van der Waals surface area contributed by atoms with Crippen molar-refractivity contribution >= 4 is 0 Å². The van der Waals surface area contributed by atoms with E-state index in [0.29, 0.717) is 12.1 Å². The molecule has 0 unspecified atom stereocenters. The van der Waals surface area contributed by atoms with Gasteiger partial charge < -0.3 is 10.5 Å². The van der Waals surface area contributed by atoms with Crippen molar-refractivity contribution in [3.8, 4) is 5.75 Å². The van der Waals surface area contributed by atoms with Crippen LogP contribution in [-0.4, -0.2) is 30.1 Å². The summed E-state index contributed by atoms with van der Waals surface area (Å²) in [6, 6.07) is 10.1. The van der Waals surface area contributed by atoms with Gasteiger partial charge in [-0.15, -0.1) is 0 Å². The minimum Gasteiger partial charge on any atom is -0.497 e. The summed E-state index contributed by atoms with van der Waals surface area (Å²) in [5, 5.41) is 0. The first kappa shape index (κ1) is 11.1. The minimum atomic E-state index is 0.395. The van der Waals surface area contributed by atoms with Crippen molar-refractivity contribution in [2.24, 2.45) is 5.73 Å². The smallest absolute Gasteiger partial charge is 0.118 e. The lowest BCUT2D eigenvalue weighted by molar-refractivity contribution is 0.239. The summed E-state index contributed by atoms with van der Waals surface area (Å²) in [6.45, 7) is 1.03. The number of fused-ring (bicyclic) bond motifs is 2. The van der Waals surface area contributed by atoms with Gasteiger partial charge in [-0.05, 0) is 37.0 Å². The van der Waals surface area contributed by atoms with Gasteiger partial charge in [0.05, 0.1) is 7.11 Å². The maximum atomic E-state index is 6.15. The lowest BCUT2D eigenvalue weighted by Gasteiger charge is -2.22. The van der Waals surface area contributed by atoms with Crippen molar-refractivity contribution in [1.82, 2.24) is 4.90 Å². The molecule has 0 spiro atoms. The molecule has 2 heterocycles. The number of ether oxygens (including phenoxy) is 1. The highest BCUT2D eigenvalue weighted by Crippen LogP contribution is 2.37. The molecule has 3 atom stereocenters. The molecule has 2 aliphatic heterocycles. The second-order valence-electron chi connectivity index (χ2n) is 5.22. The van der Waals surface area contributed by atoms with Crippen LogP contribution in [0.5, 0.6) is 5.75 Å². The van der Waals surface area contributed by atoms with Crippen molar-refractivity contribution in [2.75, 3.05) is 7.11 Å². The molecule has 3 heteroatoms. The van der Waals surface area contributed by atoms with E-state index in [-0.39, 0.29) is 0 Å². The molecule has 1 aromatic rings. The number of nitrogens with zero attached hydrogens (tertiary/aromatic N) is 1. The summed E-state index contributed by atoms with van der Waals surface area (Å²) in [5.74, 6) is 0.926. The molecule has 2 N–H and O–H groups in total. The molecule has 3 nitrogen and oxygen atoms in total. The summed E-state index contributed by atoms with van der Waals surface area (Å²) in [4.78, 5) is 2.59. The molecule has 2 aliphatic rings. The molecule has 0 saturated carbocycles. The van der Waals surface area contributed by atoms with E-state index < -0.39 is 0 Å². The average molecular weight is 232 g/mol. The molecule has 2 fully saturated rings. The Balaban J connectivity index is 1.70. The Morgan fingerprint density at radius 3 is 2.59 bits per heavy atom. The molecular weight excluding hydrogens is 212 g/mol. The molecule has 2 bridgehead atoms. The maximum Gasteiger partial charge on any atom is 0.118 e. The van der Waals surface area contributed by atoms with Crippen LogP contribution in [0, 0.1) is 0 Å². The van der Waals surface area contributed by atoms with E-state index in [9.17, 15) is 0 Å². The lowest BCUT2D eigenvalue weighted by atomic mass is 9.97. The molecule has 1 aromatic carbocycles. The SMILES string of the molecule is COc1ccc(CN2[C@H]3CC[C@@H]2[C@H](N)C3)cc1. The molecule has 0 aliphatic carbocycles. The van der Waals surface area contributed by atoms with Crippen LogP contribution >= 0.6 is 0 Å². The first-order valence-electron chi connectivity index (χ1n) is 6.42. The number of rotatable bonds is 3. The van der Waals surface area contributed by atoms with Crippen molar-refractivity contribution in [3.63, 3.8) is 0 Å². The summed E-state index contributed by atoms with van der Waals surface area (Å²) >= 11 is 0. The van der Waals surface area contributed by atoms with E-state index in [2.05, 4.69) is 17.0 Å². The zero-order valence-electron chi connectivity index (χ0n) is 10.3. The number of methoxy groups -OCH3 is 1. The largest absolute Gasteiger partial charge is 0.497 e. The van der Waals surface area contributed by atoms with Gasteiger partial charge in [0.2, 0.25) is 0 Å². The van der Waals surface area contributed by atoms with E-state index in [1.54, 1.807) is 7.11 Å². The van der Waals surface area contributed by atoms with E-state index >= 15 is 0 Å². The van der Waals surface area contributed by atoms with Gasteiger partial charge in [-0.3, -0.25) is 4.90 Å². The van der Waals surface area contributed by atoms with Gasteiger partial charge >= 0.3 is 0 Å². The van der Waals surface area contributed by atoms with Gasteiger partial charge in [0.25, 0.3) is 0 Å². The Labute approximate surface area is 103 Å². The van der Waals surface area contributed by atoms with Gasteiger partial charge in [-0.25, -0.2) is 0 Å². The highest BCUT2D eigenvalue weighted by Gasteiger charge is 2.44. The fourth-order valence-electron chi connectivity index (χ4n) is 3.34. The molecule has 0 amide bonds. The van der Waals surface area contributed by atoms with Crippen LogP contribution in [0.25, 0.3) is 0 Å². The zero-order chi connectivity index (χ0) is 11.8. The highest BCUT2D eigenvalue weighted by atomic mass is 16.5. The second-order valence-corrected chi connectivity index (χ2v) is 5.22. The monoisotopic (exact) mass is 232 g/mol. The Morgan fingerprint density at radius 2 is 2.06 bits per heavy atom. The molecule has 92 valence electrons. The van der Waals surface area contributed by atoms with Crippen molar-refractivity contribution in [3.05, 3.63) is 29.8 Å². The van der Waals surface area contributed by atoms with Gasteiger partial charge in [0, 0.05) is 24.7 Å². The molecule has 0 radical (unpaired) electrons. The van der Waals surface area contributed by atoms with Crippen molar-refractivity contribution in [2.45, 2.75) is 43.9 Å². The van der Waals surface area contributed by atoms with E-state index in [4.69, 9.17) is 10.5 Å². The number of nitrogens with two attached hydrogens (primary N) is 1. The summed E-state index contributed by atoms with van der Waals surface area (Å²) in [7, 11) is 1.70. The van der Waals surface area contributed by atoms with Gasteiger partial charge in [-0.2, -0.15) is 0 Å². The van der Waals surface area contributed by atoms with Crippen LogP contribution in [0.2, 0.25) is 0 Å². The van der Waals surface area contributed by atoms with E-state index in [0.717, 1.165) is 18.3 Å². The Hall–Kier alpha value is -1.06. The zero-order valence-corrected chi connectivity index (χ0v) is 10.3. The predicted molar refractivity (Wildman–Crippen MR) is 67.9 cm³/mol. The maximum absolute atomic E-state index is 6.15. The first-order chi connectivity index (χ1) is 8.28. The quantitative estimate of drug-likeness (QED) is 0.863. The van der Waals surface area contributed by atoms with E-state index in [1.807, 2.05) is 12.1 Å². The van der Waals surface area contributed by atoms with Crippen LogP contribution in [0.15, 0.2) is 24.3 Å². The molecular formula is C14H20N2O. The third kappa shape index (κ3) is 1.94. The van der Waals surface area contributed by atoms with Crippen LogP contribution < -0.4 is 10.5 Å². The number of hydrogen-bond donors (Lipinski definition) is 1. The van der Waals surface area contributed by atoms with Crippen LogP contribution in [0.4, 0.5) is 0 Å². The fraction of sp³-hybridized carbons (Fsp3) is 0.571. The number of benzene rings is 1. The van der Waals surface area contributed by atoms with Crippen LogP contribution in [0.3, 0.4) is 0 Å². The minimum absolute atomic E-state index is 0.395. The predicted octanol–water partition coefficient (Wildman–Crippen LogP) is 1.76. The van der Waals surface area contributed by atoms with Crippen LogP contribution in [0.1, 0.15) is 24.8 Å². The highest BCUT2D eigenvalue weighted by molar-refractivity contribution is 5.27. The molecule has 17 heavy (non-hydrogen) atoms. The normalized spacial score (nSPS) is 32.0. The standard InChI is InChI=1S/C14H20N2O/c1-17-12-5-2-10(3-6-12)9-16-11-4-7-14(16)13(15)8-11/h2-3,5-6,11,13-14H,4,7-9,15H2,1H3/t11-,13+,14+/m0/s1. The van der Waals surface area contributed by atoms with E-state index in [1.165, 1.54) is 24.8 Å². The van der Waals surface area contributed by atoms with Gasteiger partial charge in [0.1, 0.15) is 5.75 Å². The third-order valence-corrected chi connectivity index (χ3v) is 4.25. The fourth-order valence-corrected chi connectivity index (χ4v) is 3.34. The second kappa shape index (κ2) is 4.31. The Kier molecular flexibility index (Phi) is 2.81. The topological polar surface area (TPSA) is 38.5 Å². The Bertz CT molecular complexity index is 390.